The van der Waals surface area contributed by atoms with Gasteiger partial charge in [0.15, 0.2) is 17.3 Å². The highest BCUT2D eigenvalue weighted by Gasteiger charge is 2.08. The summed E-state index contributed by atoms with van der Waals surface area (Å²) in [5.41, 5.74) is 0.579. The lowest BCUT2D eigenvalue weighted by Gasteiger charge is -2.11. The molecule has 5 heteroatoms. The van der Waals surface area contributed by atoms with Crippen molar-refractivity contribution in [3.05, 3.63) is 23.8 Å². The predicted molar refractivity (Wildman–Crippen MR) is 74.6 cm³/mol. The third-order valence-corrected chi connectivity index (χ3v) is 2.86. The van der Waals surface area contributed by atoms with Crippen molar-refractivity contribution >= 4 is 11.8 Å². The maximum Gasteiger partial charge on any atom is 0.303 e. The number of hydrogen-bond acceptors (Lipinski definition) is 4. The van der Waals surface area contributed by atoms with Crippen molar-refractivity contribution in [1.29, 1.82) is 0 Å². The van der Waals surface area contributed by atoms with E-state index in [-0.39, 0.29) is 12.2 Å². The van der Waals surface area contributed by atoms with Crippen LogP contribution in [0.4, 0.5) is 0 Å². The van der Waals surface area contributed by atoms with Gasteiger partial charge in [-0.3, -0.25) is 9.59 Å². The highest BCUT2D eigenvalue weighted by atomic mass is 16.5. The second-order valence-corrected chi connectivity index (χ2v) is 4.47. The number of carbonyl (C=O) groups is 2. The number of aliphatic carboxylic acids is 1. The standard InChI is InChI=1S/C15H20O5/c1-11(16)12-7-8-13(14(10-12)19-2)20-9-5-3-4-6-15(17)18/h7-8,10H,3-6,9H2,1-2H3,(H,17,18). The van der Waals surface area contributed by atoms with Crippen LogP contribution in [0.25, 0.3) is 0 Å². The van der Waals surface area contributed by atoms with Gasteiger partial charge in [0.1, 0.15) is 0 Å². The van der Waals surface area contributed by atoms with Gasteiger partial charge in [-0.15, -0.1) is 0 Å². The number of carbonyl (C=O) groups excluding carboxylic acids is 1. The summed E-state index contributed by atoms with van der Waals surface area (Å²) in [6.45, 7) is 1.99. The van der Waals surface area contributed by atoms with Crippen LogP contribution in [0.1, 0.15) is 43.0 Å². The lowest BCUT2D eigenvalue weighted by Crippen LogP contribution is -2.02. The van der Waals surface area contributed by atoms with E-state index >= 15 is 0 Å². The van der Waals surface area contributed by atoms with Crippen LogP contribution in [0.5, 0.6) is 11.5 Å². The summed E-state index contributed by atoms with van der Waals surface area (Å²) in [6, 6.07) is 5.07. The first kappa shape index (κ1) is 16.0. The fourth-order valence-corrected chi connectivity index (χ4v) is 1.74. The molecule has 0 saturated carbocycles. The van der Waals surface area contributed by atoms with E-state index in [9.17, 15) is 9.59 Å². The van der Waals surface area contributed by atoms with E-state index in [1.165, 1.54) is 14.0 Å². The minimum atomic E-state index is -0.771. The second-order valence-electron chi connectivity index (χ2n) is 4.47. The van der Waals surface area contributed by atoms with Gasteiger partial charge >= 0.3 is 5.97 Å². The van der Waals surface area contributed by atoms with Crippen LogP contribution >= 0.6 is 0 Å². The molecule has 1 N–H and O–H groups in total. The smallest absolute Gasteiger partial charge is 0.303 e. The fraction of sp³-hybridized carbons (Fsp3) is 0.467. The third kappa shape index (κ3) is 5.30. The molecular weight excluding hydrogens is 260 g/mol. The highest BCUT2D eigenvalue weighted by molar-refractivity contribution is 5.94. The fourth-order valence-electron chi connectivity index (χ4n) is 1.74. The lowest BCUT2D eigenvalue weighted by molar-refractivity contribution is -0.137. The molecule has 0 heterocycles. The quantitative estimate of drug-likeness (QED) is 0.556. The minimum Gasteiger partial charge on any atom is -0.493 e. The summed E-state index contributed by atoms with van der Waals surface area (Å²) in [6.07, 6.45) is 2.43. The Morgan fingerprint density at radius 2 is 1.90 bits per heavy atom. The zero-order valence-electron chi connectivity index (χ0n) is 11.8. The van der Waals surface area contributed by atoms with E-state index in [0.717, 1.165) is 12.8 Å². The number of carboxylic acid groups (broad SMARTS) is 1. The average Bonchev–Trinajstić information content (AvgIpc) is 2.42. The van der Waals surface area contributed by atoms with Gasteiger partial charge in [-0.05, 0) is 44.4 Å². The van der Waals surface area contributed by atoms with Crippen LogP contribution in [-0.4, -0.2) is 30.6 Å². The summed E-state index contributed by atoms with van der Waals surface area (Å²) >= 11 is 0. The predicted octanol–water partition coefficient (Wildman–Crippen LogP) is 2.92. The molecule has 5 nitrogen and oxygen atoms in total. The summed E-state index contributed by atoms with van der Waals surface area (Å²) < 4.78 is 10.8. The molecule has 1 aromatic rings. The van der Waals surface area contributed by atoms with Gasteiger partial charge in [0.2, 0.25) is 0 Å². The molecule has 0 atom stereocenters. The molecule has 20 heavy (non-hydrogen) atoms. The Morgan fingerprint density at radius 1 is 1.15 bits per heavy atom. The van der Waals surface area contributed by atoms with E-state index < -0.39 is 5.97 Å². The highest BCUT2D eigenvalue weighted by Crippen LogP contribution is 2.28. The summed E-state index contributed by atoms with van der Waals surface area (Å²) in [4.78, 5) is 21.6. The van der Waals surface area contributed by atoms with E-state index in [0.29, 0.717) is 30.1 Å². The van der Waals surface area contributed by atoms with Crippen LogP contribution in [0.15, 0.2) is 18.2 Å². The van der Waals surface area contributed by atoms with Crippen LogP contribution in [0, 0.1) is 0 Å². The topological polar surface area (TPSA) is 72.8 Å². The van der Waals surface area contributed by atoms with Crippen molar-refractivity contribution in [2.24, 2.45) is 0 Å². The number of rotatable bonds is 9. The van der Waals surface area contributed by atoms with E-state index in [1.807, 2.05) is 0 Å². The monoisotopic (exact) mass is 280 g/mol. The molecule has 0 unspecified atom stereocenters. The first-order valence-electron chi connectivity index (χ1n) is 6.58. The second kappa shape index (κ2) is 8.19. The molecule has 1 aromatic carbocycles. The average molecular weight is 280 g/mol. The van der Waals surface area contributed by atoms with E-state index in [2.05, 4.69) is 0 Å². The largest absolute Gasteiger partial charge is 0.493 e. The Morgan fingerprint density at radius 3 is 2.50 bits per heavy atom. The SMILES string of the molecule is COc1cc(C(C)=O)ccc1OCCCCCC(=O)O. The Hall–Kier alpha value is -2.04. The number of Topliss-reactive ketones (excluding diaryl/α,β-unsaturated/α-hetero) is 1. The molecule has 0 aromatic heterocycles. The molecule has 0 bridgehead atoms. The van der Waals surface area contributed by atoms with Crippen LogP contribution in [0.3, 0.4) is 0 Å². The first-order chi connectivity index (χ1) is 9.54. The summed E-state index contributed by atoms with van der Waals surface area (Å²) in [5.74, 6) is 0.329. The third-order valence-electron chi connectivity index (χ3n) is 2.86. The van der Waals surface area contributed by atoms with Crippen molar-refractivity contribution < 1.29 is 24.2 Å². The van der Waals surface area contributed by atoms with Crippen LogP contribution in [0.2, 0.25) is 0 Å². The molecule has 0 spiro atoms. The Kier molecular flexibility index (Phi) is 6.56. The zero-order valence-corrected chi connectivity index (χ0v) is 11.8. The normalized spacial score (nSPS) is 10.1. The van der Waals surface area contributed by atoms with Gasteiger partial charge < -0.3 is 14.6 Å². The van der Waals surface area contributed by atoms with E-state index in [1.54, 1.807) is 18.2 Å². The first-order valence-corrected chi connectivity index (χ1v) is 6.58. The number of unbranched alkanes of at least 4 members (excludes halogenated alkanes) is 2. The van der Waals surface area contributed by atoms with Crippen molar-refractivity contribution in [2.45, 2.75) is 32.6 Å². The van der Waals surface area contributed by atoms with Crippen molar-refractivity contribution in [1.82, 2.24) is 0 Å². The summed E-state index contributed by atoms with van der Waals surface area (Å²) in [7, 11) is 1.53. The van der Waals surface area contributed by atoms with Gasteiger partial charge in [-0.2, -0.15) is 0 Å². The molecule has 0 aliphatic rings. The zero-order chi connectivity index (χ0) is 15.0. The molecule has 0 saturated heterocycles. The number of ketones is 1. The van der Waals surface area contributed by atoms with E-state index in [4.69, 9.17) is 14.6 Å². The number of benzene rings is 1. The van der Waals surface area contributed by atoms with Crippen LogP contribution in [-0.2, 0) is 4.79 Å². The number of methoxy groups -OCH3 is 1. The van der Waals surface area contributed by atoms with Gasteiger partial charge in [0.05, 0.1) is 13.7 Å². The maximum atomic E-state index is 11.3. The van der Waals surface area contributed by atoms with Gasteiger partial charge in [0.25, 0.3) is 0 Å². The molecule has 0 amide bonds. The molecule has 1 rings (SSSR count). The van der Waals surface area contributed by atoms with Gasteiger partial charge in [-0.1, -0.05) is 0 Å². The molecule has 0 aliphatic carbocycles. The van der Waals surface area contributed by atoms with Gasteiger partial charge in [-0.25, -0.2) is 0 Å². The molecule has 0 radical (unpaired) electrons. The number of carboxylic acids is 1. The van der Waals surface area contributed by atoms with Crippen LogP contribution < -0.4 is 9.47 Å². The Balaban J connectivity index is 2.43. The number of hydrogen-bond donors (Lipinski definition) is 1. The minimum absolute atomic E-state index is 0.0245. The Labute approximate surface area is 118 Å². The van der Waals surface area contributed by atoms with Crippen molar-refractivity contribution in [3.63, 3.8) is 0 Å². The van der Waals surface area contributed by atoms with Gasteiger partial charge in [0, 0.05) is 12.0 Å². The van der Waals surface area contributed by atoms with Crippen molar-refractivity contribution in [2.75, 3.05) is 13.7 Å². The maximum absolute atomic E-state index is 11.3. The number of ether oxygens (including phenoxy) is 2. The summed E-state index contributed by atoms with van der Waals surface area (Å²) in [5, 5.41) is 8.51. The molecular formula is C15H20O5. The lowest BCUT2D eigenvalue weighted by atomic mass is 10.1. The van der Waals surface area contributed by atoms with Crippen molar-refractivity contribution in [3.8, 4) is 11.5 Å². The molecule has 0 fully saturated rings. The Bertz CT molecular complexity index is 467. The molecule has 0 aliphatic heterocycles. The molecule has 110 valence electrons.